The van der Waals surface area contributed by atoms with E-state index in [0.717, 1.165) is 5.56 Å². The van der Waals surface area contributed by atoms with Crippen LogP contribution in [0, 0.1) is 0 Å². The summed E-state index contributed by atoms with van der Waals surface area (Å²) in [6.45, 7) is 0.523. The van der Waals surface area contributed by atoms with Gasteiger partial charge < -0.3 is 15.8 Å². The molecule has 1 saturated carbocycles. The summed E-state index contributed by atoms with van der Waals surface area (Å²) in [5.74, 6) is 0.121. The van der Waals surface area contributed by atoms with E-state index in [-0.39, 0.29) is 6.61 Å². The molecule has 0 radical (unpaired) electrons. The van der Waals surface area contributed by atoms with Crippen molar-refractivity contribution in [3.05, 3.63) is 28.8 Å². The molecule has 0 aliphatic heterocycles. The van der Waals surface area contributed by atoms with Gasteiger partial charge in [0, 0.05) is 23.2 Å². The lowest BCUT2D eigenvalue weighted by atomic mass is 10.2. The van der Waals surface area contributed by atoms with Gasteiger partial charge in [-0.1, -0.05) is 17.7 Å². The maximum Gasteiger partial charge on any atom is 0.255 e. The van der Waals surface area contributed by atoms with E-state index in [4.69, 9.17) is 22.1 Å². The molecule has 92 valence electrons. The molecule has 1 amide bonds. The van der Waals surface area contributed by atoms with Crippen LogP contribution in [0.5, 0.6) is 5.75 Å². The van der Waals surface area contributed by atoms with E-state index in [2.05, 4.69) is 5.32 Å². The van der Waals surface area contributed by atoms with Crippen LogP contribution in [0.1, 0.15) is 18.4 Å². The summed E-state index contributed by atoms with van der Waals surface area (Å²) in [6, 6.07) is 5.98. The molecule has 0 unspecified atom stereocenters. The van der Waals surface area contributed by atoms with Crippen LogP contribution in [0.3, 0.4) is 0 Å². The van der Waals surface area contributed by atoms with Gasteiger partial charge in [-0.05, 0) is 25.0 Å². The van der Waals surface area contributed by atoms with Gasteiger partial charge in [-0.15, -0.1) is 0 Å². The third-order valence-corrected chi connectivity index (χ3v) is 2.94. The molecule has 0 atom stereocenters. The Bertz CT molecular complexity index is 419. The topological polar surface area (TPSA) is 64.4 Å². The molecule has 1 fully saturated rings. The number of carbonyl (C=O) groups is 1. The molecule has 1 aromatic rings. The summed E-state index contributed by atoms with van der Waals surface area (Å²) in [5, 5.41) is 4.00. The van der Waals surface area contributed by atoms with E-state index in [9.17, 15) is 4.79 Å². The van der Waals surface area contributed by atoms with Crippen molar-refractivity contribution in [3.8, 4) is 5.75 Å². The lowest BCUT2D eigenvalue weighted by Gasteiger charge is -2.12. The summed E-state index contributed by atoms with van der Waals surface area (Å²) >= 11 is 6.11. The number of carbonyl (C=O) groups excluding carboxylic acids is 1. The van der Waals surface area contributed by atoms with E-state index in [1.807, 2.05) is 6.07 Å². The minimum atomic E-state index is -0.494. The number of nitrogens with one attached hydrogen (secondary N) is 1. The lowest BCUT2D eigenvalue weighted by molar-refractivity contribution is -0.119. The lowest BCUT2D eigenvalue weighted by Crippen LogP contribution is -2.21. The second-order valence-corrected chi connectivity index (χ2v) is 4.53. The molecular weight excluding hydrogens is 240 g/mol. The Labute approximate surface area is 105 Å². The Kier molecular flexibility index (Phi) is 3.86. The van der Waals surface area contributed by atoms with Gasteiger partial charge in [0.15, 0.2) is 6.61 Å². The van der Waals surface area contributed by atoms with Crippen molar-refractivity contribution in [2.75, 3.05) is 6.61 Å². The normalized spacial score (nSPS) is 14.6. The van der Waals surface area contributed by atoms with Crippen LogP contribution in [0.25, 0.3) is 0 Å². The quantitative estimate of drug-likeness (QED) is 0.808. The molecule has 0 saturated heterocycles. The largest absolute Gasteiger partial charge is 0.483 e. The average molecular weight is 255 g/mol. The monoisotopic (exact) mass is 254 g/mol. The summed E-state index contributed by atoms with van der Waals surface area (Å²) in [7, 11) is 0. The molecule has 1 aliphatic carbocycles. The highest BCUT2D eigenvalue weighted by Gasteiger charge is 2.21. The SMILES string of the molecule is NC(=O)COc1cccc(Cl)c1CNC1CC1. The second-order valence-electron chi connectivity index (χ2n) is 4.13. The third kappa shape index (κ3) is 3.61. The molecule has 5 heteroatoms. The molecule has 0 spiro atoms. The number of rotatable bonds is 6. The van der Waals surface area contributed by atoms with Crippen LogP contribution in [0.4, 0.5) is 0 Å². The first-order valence-electron chi connectivity index (χ1n) is 5.58. The first-order valence-corrected chi connectivity index (χ1v) is 5.96. The zero-order valence-corrected chi connectivity index (χ0v) is 10.2. The molecule has 1 aliphatic rings. The fraction of sp³-hybridized carbons (Fsp3) is 0.417. The van der Waals surface area contributed by atoms with Crippen molar-refractivity contribution < 1.29 is 9.53 Å². The van der Waals surface area contributed by atoms with Crippen molar-refractivity contribution in [3.63, 3.8) is 0 Å². The molecule has 0 bridgehead atoms. The number of halogens is 1. The highest BCUT2D eigenvalue weighted by atomic mass is 35.5. The number of amides is 1. The maximum atomic E-state index is 10.7. The molecular formula is C12H15ClN2O2. The minimum absolute atomic E-state index is 0.128. The van der Waals surface area contributed by atoms with E-state index < -0.39 is 5.91 Å². The van der Waals surface area contributed by atoms with Crippen LogP contribution < -0.4 is 15.8 Å². The Balaban J connectivity index is 2.05. The Morgan fingerprint density at radius 1 is 1.53 bits per heavy atom. The van der Waals surface area contributed by atoms with E-state index in [1.165, 1.54) is 12.8 Å². The average Bonchev–Trinajstić information content (AvgIpc) is 3.08. The highest BCUT2D eigenvalue weighted by molar-refractivity contribution is 6.31. The molecule has 3 N–H and O–H groups in total. The predicted molar refractivity (Wildman–Crippen MR) is 66.0 cm³/mol. The smallest absolute Gasteiger partial charge is 0.255 e. The number of ether oxygens (including phenoxy) is 1. The molecule has 2 rings (SSSR count). The molecule has 17 heavy (non-hydrogen) atoms. The molecule has 0 heterocycles. The van der Waals surface area contributed by atoms with E-state index in [1.54, 1.807) is 12.1 Å². The minimum Gasteiger partial charge on any atom is -0.483 e. The zero-order chi connectivity index (χ0) is 12.3. The van der Waals surface area contributed by atoms with Crippen molar-refractivity contribution in [1.29, 1.82) is 0 Å². The first kappa shape index (κ1) is 12.2. The van der Waals surface area contributed by atoms with Gasteiger partial charge in [-0.3, -0.25) is 4.79 Å². The summed E-state index contributed by atoms with van der Waals surface area (Å²) in [4.78, 5) is 10.7. The van der Waals surface area contributed by atoms with Gasteiger partial charge >= 0.3 is 0 Å². The van der Waals surface area contributed by atoms with Gasteiger partial charge in [0.25, 0.3) is 5.91 Å². The number of nitrogens with two attached hydrogens (primary N) is 1. The number of benzene rings is 1. The zero-order valence-electron chi connectivity index (χ0n) is 9.41. The number of primary amides is 1. The number of hydrogen-bond acceptors (Lipinski definition) is 3. The first-order chi connectivity index (χ1) is 8.16. The van der Waals surface area contributed by atoms with Crippen LogP contribution in [0.2, 0.25) is 5.02 Å². The summed E-state index contributed by atoms with van der Waals surface area (Å²) in [5.41, 5.74) is 5.93. The van der Waals surface area contributed by atoms with Gasteiger partial charge in [0.05, 0.1) is 0 Å². The molecule has 1 aromatic carbocycles. The Morgan fingerprint density at radius 3 is 2.94 bits per heavy atom. The Morgan fingerprint density at radius 2 is 2.29 bits per heavy atom. The van der Waals surface area contributed by atoms with E-state index >= 15 is 0 Å². The van der Waals surface area contributed by atoms with Crippen molar-refractivity contribution >= 4 is 17.5 Å². The standard InChI is InChI=1S/C12H15ClN2O2/c13-10-2-1-3-11(17-7-12(14)16)9(10)6-15-8-4-5-8/h1-3,8,15H,4-7H2,(H2,14,16). The second kappa shape index (κ2) is 5.38. The van der Waals surface area contributed by atoms with Gasteiger partial charge in [-0.25, -0.2) is 0 Å². The molecule has 4 nitrogen and oxygen atoms in total. The maximum absolute atomic E-state index is 10.7. The summed E-state index contributed by atoms with van der Waals surface area (Å²) < 4.78 is 5.33. The van der Waals surface area contributed by atoms with Crippen molar-refractivity contribution in [2.45, 2.75) is 25.4 Å². The van der Waals surface area contributed by atoms with Crippen molar-refractivity contribution in [2.24, 2.45) is 5.73 Å². The predicted octanol–water partition coefficient (Wildman–Crippen LogP) is 1.46. The Hall–Kier alpha value is -1.26. The number of hydrogen-bond donors (Lipinski definition) is 2. The van der Waals surface area contributed by atoms with Crippen LogP contribution in [-0.2, 0) is 11.3 Å². The third-order valence-electron chi connectivity index (χ3n) is 2.59. The fourth-order valence-corrected chi connectivity index (χ4v) is 1.76. The fourth-order valence-electron chi connectivity index (χ4n) is 1.53. The van der Waals surface area contributed by atoms with Crippen LogP contribution in [0.15, 0.2) is 18.2 Å². The van der Waals surface area contributed by atoms with E-state index in [0.29, 0.717) is 23.4 Å². The molecule has 0 aromatic heterocycles. The van der Waals surface area contributed by atoms with Gasteiger partial charge in [-0.2, -0.15) is 0 Å². The highest BCUT2D eigenvalue weighted by Crippen LogP contribution is 2.28. The summed E-state index contributed by atoms with van der Waals surface area (Å²) in [6.07, 6.45) is 2.42. The van der Waals surface area contributed by atoms with Gasteiger partial charge in [0.2, 0.25) is 0 Å². The van der Waals surface area contributed by atoms with Crippen LogP contribution in [-0.4, -0.2) is 18.6 Å². The van der Waals surface area contributed by atoms with Gasteiger partial charge in [0.1, 0.15) is 5.75 Å². The van der Waals surface area contributed by atoms with Crippen LogP contribution >= 0.6 is 11.6 Å². The van der Waals surface area contributed by atoms with Crippen molar-refractivity contribution in [1.82, 2.24) is 5.32 Å².